The van der Waals surface area contributed by atoms with E-state index in [1.54, 1.807) is 6.20 Å². The van der Waals surface area contributed by atoms with Gasteiger partial charge in [-0.2, -0.15) is 5.10 Å². The molecule has 0 saturated heterocycles. The molecule has 2 aromatic rings. The Morgan fingerprint density at radius 2 is 2.16 bits per heavy atom. The van der Waals surface area contributed by atoms with E-state index in [1.165, 1.54) is 28.3 Å². The molecule has 5 heteroatoms. The lowest BCUT2D eigenvalue weighted by atomic mass is 10.1. The van der Waals surface area contributed by atoms with Crippen molar-refractivity contribution in [3.05, 3.63) is 47.3 Å². The van der Waals surface area contributed by atoms with Crippen LogP contribution in [0.5, 0.6) is 5.75 Å². The van der Waals surface area contributed by atoms with Crippen molar-refractivity contribution in [2.45, 2.75) is 26.0 Å². The summed E-state index contributed by atoms with van der Waals surface area (Å²) in [6.07, 6.45) is 5.06. The lowest BCUT2D eigenvalue weighted by molar-refractivity contribution is 0.0688. The van der Waals surface area contributed by atoms with Crippen molar-refractivity contribution in [3.8, 4) is 5.75 Å². The van der Waals surface area contributed by atoms with Gasteiger partial charge in [0.15, 0.2) is 12.4 Å². The van der Waals surface area contributed by atoms with E-state index in [0.29, 0.717) is 0 Å². The number of hydrogen-bond donors (Lipinski definition) is 1. The van der Waals surface area contributed by atoms with Gasteiger partial charge in [-0.25, -0.2) is 9.48 Å². The Morgan fingerprint density at radius 1 is 1.32 bits per heavy atom. The smallest absolute Gasteiger partial charge is 0.356 e. The number of nitrogens with zero attached hydrogens (tertiary/aromatic N) is 2. The quantitative estimate of drug-likeness (QED) is 0.912. The van der Waals surface area contributed by atoms with Crippen LogP contribution in [0.2, 0.25) is 0 Å². The maximum absolute atomic E-state index is 10.7. The molecule has 1 N–H and O–H groups in total. The molecule has 1 heterocycles. The van der Waals surface area contributed by atoms with Crippen LogP contribution in [0.4, 0.5) is 0 Å². The van der Waals surface area contributed by atoms with E-state index in [-0.39, 0.29) is 12.4 Å². The summed E-state index contributed by atoms with van der Waals surface area (Å²) in [5.74, 6) is -0.232. The first-order valence-corrected chi connectivity index (χ1v) is 6.24. The topological polar surface area (TPSA) is 64.3 Å². The molecule has 0 fully saturated rings. The number of rotatable bonds is 4. The van der Waals surface area contributed by atoms with Crippen molar-refractivity contribution in [1.29, 1.82) is 0 Å². The van der Waals surface area contributed by atoms with Gasteiger partial charge in [-0.3, -0.25) is 0 Å². The molecule has 3 rings (SSSR count). The highest BCUT2D eigenvalue weighted by atomic mass is 16.5. The number of benzene rings is 1. The highest BCUT2D eigenvalue weighted by Gasteiger charge is 2.11. The monoisotopic (exact) mass is 258 g/mol. The number of carboxylic acids is 1. The van der Waals surface area contributed by atoms with Gasteiger partial charge in [0, 0.05) is 6.20 Å². The Hall–Kier alpha value is -2.30. The maximum atomic E-state index is 10.7. The van der Waals surface area contributed by atoms with Crippen molar-refractivity contribution in [3.63, 3.8) is 0 Å². The Kier molecular flexibility index (Phi) is 2.95. The van der Waals surface area contributed by atoms with Gasteiger partial charge in [-0.1, -0.05) is 6.07 Å². The number of ether oxygens (including phenoxy) is 1. The van der Waals surface area contributed by atoms with E-state index < -0.39 is 5.97 Å². The van der Waals surface area contributed by atoms with Crippen LogP contribution in [-0.2, 0) is 19.6 Å². The second-order valence-corrected chi connectivity index (χ2v) is 4.60. The highest BCUT2D eigenvalue weighted by Crippen LogP contribution is 2.26. The number of aryl methyl sites for hydroxylation is 2. The maximum Gasteiger partial charge on any atom is 0.356 e. The van der Waals surface area contributed by atoms with Gasteiger partial charge in [-0.15, -0.1) is 0 Å². The molecule has 0 atom stereocenters. The number of carbonyl (C=O) groups is 1. The first-order chi connectivity index (χ1) is 9.22. The number of aromatic nitrogens is 2. The Morgan fingerprint density at radius 3 is 2.95 bits per heavy atom. The zero-order chi connectivity index (χ0) is 13.2. The van der Waals surface area contributed by atoms with E-state index in [0.717, 1.165) is 18.6 Å². The normalized spacial score (nSPS) is 13.3. The molecule has 1 aromatic carbocycles. The van der Waals surface area contributed by atoms with Crippen LogP contribution in [0.15, 0.2) is 30.5 Å². The van der Waals surface area contributed by atoms with Gasteiger partial charge in [0.25, 0.3) is 0 Å². The van der Waals surface area contributed by atoms with E-state index in [4.69, 9.17) is 9.84 Å². The van der Waals surface area contributed by atoms with E-state index in [2.05, 4.69) is 17.2 Å². The fraction of sp³-hybridized carbons (Fsp3) is 0.286. The SMILES string of the molecule is O=C(O)c1ccn(COc2ccc3c(c2)CCC3)n1. The van der Waals surface area contributed by atoms with Crippen LogP contribution >= 0.6 is 0 Å². The van der Waals surface area contributed by atoms with Crippen molar-refractivity contribution < 1.29 is 14.6 Å². The highest BCUT2D eigenvalue weighted by molar-refractivity contribution is 5.84. The first-order valence-electron chi connectivity index (χ1n) is 6.24. The van der Waals surface area contributed by atoms with Gasteiger partial charge in [0.2, 0.25) is 0 Å². The van der Waals surface area contributed by atoms with Gasteiger partial charge in [0.05, 0.1) is 0 Å². The Balaban J connectivity index is 1.67. The summed E-state index contributed by atoms with van der Waals surface area (Å²) in [6.45, 7) is 0.214. The fourth-order valence-corrected chi connectivity index (χ4v) is 2.33. The fourth-order valence-electron chi connectivity index (χ4n) is 2.33. The predicted molar refractivity (Wildman–Crippen MR) is 68.3 cm³/mol. The molecular weight excluding hydrogens is 244 g/mol. The molecule has 1 aliphatic rings. The molecule has 0 spiro atoms. The molecule has 0 radical (unpaired) electrons. The zero-order valence-electron chi connectivity index (χ0n) is 10.4. The molecule has 19 heavy (non-hydrogen) atoms. The molecule has 0 amide bonds. The minimum absolute atomic E-state index is 0.0255. The van der Waals surface area contributed by atoms with Gasteiger partial charge >= 0.3 is 5.97 Å². The lowest BCUT2D eigenvalue weighted by Crippen LogP contribution is -2.07. The molecule has 1 aromatic heterocycles. The first kappa shape index (κ1) is 11.8. The number of aromatic carboxylic acids is 1. The van der Waals surface area contributed by atoms with Crippen molar-refractivity contribution in [1.82, 2.24) is 9.78 Å². The summed E-state index contributed by atoms with van der Waals surface area (Å²) >= 11 is 0. The van der Waals surface area contributed by atoms with Crippen LogP contribution in [0, 0.1) is 0 Å². The molecule has 98 valence electrons. The van der Waals surface area contributed by atoms with Crippen molar-refractivity contribution in [2.75, 3.05) is 0 Å². The summed E-state index contributed by atoms with van der Waals surface area (Å²) < 4.78 is 7.09. The van der Waals surface area contributed by atoms with Crippen molar-refractivity contribution in [2.24, 2.45) is 0 Å². The summed E-state index contributed by atoms with van der Waals surface area (Å²) in [5, 5.41) is 12.7. The predicted octanol–water partition coefficient (Wildman–Crippen LogP) is 2.11. The van der Waals surface area contributed by atoms with Crippen LogP contribution in [0.3, 0.4) is 0 Å². The van der Waals surface area contributed by atoms with Crippen LogP contribution < -0.4 is 4.74 Å². The third-order valence-corrected chi connectivity index (χ3v) is 3.29. The second-order valence-electron chi connectivity index (χ2n) is 4.60. The van der Waals surface area contributed by atoms with E-state index in [9.17, 15) is 4.79 Å². The average molecular weight is 258 g/mol. The molecule has 5 nitrogen and oxygen atoms in total. The molecule has 0 unspecified atom stereocenters. The Labute approximate surface area is 110 Å². The molecule has 0 bridgehead atoms. The summed E-state index contributed by atoms with van der Waals surface area (Å²) in [4.78, 5) is 10.7. The number of carboxylic acid groups (broad SMARTS) is 1. The molecule has 1 aliphatic carbocycles. The number of hydrogen-bond acceptors (Lipinski definition) is 3. The Bertz CT molecular complexity index is 619. The van der Waals surface area contributed by atoms with E-state index in [1.807, 2.05) is 6.07 Å². The summed E-state index contributed by atoms with van der Waals surface area (Å²) in [5.41, 5.74) is 2.78. The lowest BCUT2D eigenvalue weighted by Gasteiger charge is -2.08. The van der Waals surface area contributed by atoms with Gasteiger partial charge in [0.1, 0.15) is 5.75 Å². The second kappa shape index (κ2) is 4.76. The molecular formula is C14H14N2O3. The van der Waals surface area contributed by atoms with E-state index >= 15 is 0 Å². The number of fused-ring (bicyclic) bond motifs is 1. The minimum Gasteiger partial charge on any atom is -0.476 e. The van der Waals surface area contributed by atoms with Crippen molar-refractivity contribution >= 4 is 5.97 Å². The minimum atomic E-state index is -1.03. The summed E-state index contributed by atoms with van der Waals surface area (Å²) in [7, 11) is 0. The van der Waals surface area contributed by atoms with Gasteiger partial charge in [-0.05, 0) is 48.6 Å². The third kappa shape index (κ3) is 2.45. The third-order valence-electron chi connectivity index (χ3n) is 3.29. The standard InChI is InChI=1S/C14H14N2O3/c17-14(18)13-6-7-16(15-13)9-19-12-5-4-10-2-1-3-11(10)8-12/h4-8H,1-3,9H2,(H,17,18). The summed E-state index contributed by atoms with van der Waals surface area (Å²) in [6, 6.07) is 7.56. The molecule has 0 saturated carbocycles. The van der Waals surface area contributed by atoms with Crippen LogP contribution in [-0.4, -0.2) is 20.9 Å². The zero-order valence-corrected chi connectivity index (χ0v) is 10.4. The molecule has 0 aliphatic heterocycles. The van der Waals surface area contributed by atoms with Gasteiger partial charge < -0.3 is 9.84 Å². The van der Waals surface area contributed by atoms with Crippen LogP contribution in [0.1, 0.15) is 28.0 Å². The van der Waals surface area contributed by atoms with Crippen LogP contribution in [0.25, 0.3) is 0 Å². The largest absolute Gasteiger partial charge is 0.476 e. The average Bonchev–Trinajstić information content (AvgIpc) is 3.04.